The Labute approximate surface area is 120 Å². The maximum absolute atomic E-state index is 4.24. The molecule has 2 heteroatoms. The Morgan fingerprint density at radius 2 is 1.37 bits per heavy atom. The molecule has 0 heterocycles. The quantitative estimate of drug-likeness (QED) is 0.795. The SMILES string of the molecule is C=C(NC1CCCCC1)N(C)C1CCCCC1.CC. The third-order valence-electron chi connectivity index (χ3n) is 4.52. The molecule has 2 fully saturated rings. The maximum Gasteiger partial charge on any atom is 0.0940 e. The smallest absolute Gasteiger partial charge is 0.0940 e. The summed E-state index contributed by atoms with van der Waals surface area (Å²) in [5.41, 5.74) is 0. The number of hydrogen-bond acceptors (Lipinski definition) is 2. The standard InChI is InChI=1S/C15H28N2.C2H6/c1-13(16-14-9-5-3-6-10-14)17(2)15-11-7-4-8-12-15;1-2/h14-16H,1,3-12H2,2H3;1-2H3. The van der Waals surface area contributed by atoms with Crippen LogP contribution in [-0.2, 0) is 0 Å². The predicted octanol–water partition coefficient (Wildman–Crippen LogP) is 4.67. The molecule has 0 spiro atoms. The Kier molecular flexibility index (Phi) is 8.00. The van der Waals surface area contributed by atoms with Crippen molar-refractivity contribution in [2.75, 3.05) is 7.05 Å². The minimum Gasteiger partial charge on any atom is -0.370 e. The highest BCUT2D eigenvalue weighted by Gasteiger charge is 2.21. The van der Waals surface area contributed by atoms with Crippen molar-refractivity contribution in [3.8, 4) is 0 Å². The molecular formula is C17H34N2. The summed E-state index contributed by atoms with van der Waals surface area (Å²) in [6.45, 7) is 8.24. The number of nitrogens with zero attached hydrogens (tertiary/aromatic N) is 1. The minimum absolute atomic E-state index is 0.683. The van der Waals surface area contributed by atoms with Crippen LogP contribution in [0, 0.1) is 0 Å². The van der Waals surface area contributed by atoms with Crippen LogP contribution in [0.2, 0.25) is 0 Å². The van der Waals surface area contributed by atoms with Crippen LogP contribution < -0.4 is 5.32 Å². The van der Waals surface area contributed by atoms with E-state index in [0.29, 0.717) is 6.04 Å². The van der Waals surface area contributed by atoms with E-state index >= 15 is 0 Å². The lowest BCUT2D eigenvalue weighted by Crippen LogP contribution is -2.41. The molecular weight excluding hydrogens is 232 g/mol. The fourth-order valence-electron chi connectivity index (χ4n) is 3.27. The topological polar surface area (TPSA) is 15.3 Å². The molecule has 0 bridgehead atoms. The van der Waals surface area contributed by atoms with Gasteiger partial charge < -0.3 is 10.2 Å². The lowest BCUT2D eigenvalue weighted by molar-refractivity contribution is 0.214. The average Bonchev–Trinajstić information content (AvgIpc) is 2.50. The number of hydrogen-bond donors (Lipinski definition) is 1. The van der Waals surface area contributed by atoms with Gasteiger partial charge in [0.15, 0.2) is 0 Å². The Balaban J connectivity index is 0.000000861. The van der Waals surface area contributed by atoms with Crippen LogP contribution in [0.3, 0.4) is 0 Å². The fraction of sp³-hybridized carbons (Fsp3) is 0.882. The van der Waals surface area contributed by atoms with Crippen LogP contribution in [0.1, 0.15) is 78.1 Å². The van der Waals surface area contributed by atoms with Crippen molar-refractivity contribution >= 4 is 0 Å². The lowest BCUT2D eigenvalue weighted by Gasteiger charge is -2.36. The predicted molar refractivity (Wildman–Crippen MR) is 85.1 cm³/mol. The maximum atomic E-state index is 4.24. The van der Waals surface area contributed by atoms with Gasteiger partial charge in [-0.1, -0.05) is 59.0 Å². The van der Waals surface area contributed by atoms with E-state index in [1.54, 1.807) is 0 Å². The van der Waals surface area contributed by atoms with Crippen molar-refractivity contribution < 1.29 is 0 Å². The molecule has 0 amide bonds. The van der Waals surface area contributed by atoms with E-state index in [9.17, 15) is 0 Å². The van der Waals surface area contributed by atoms with Crippen LogP contribution in [0.15, 0.2) is 12.4 Å². The number of rotatable bonds is 4. The fourth-order valence-corrected chi connectivity index (χ4v) is 3.27. The highest BCUT2D eigenvalue weighted by Crippen LogP contribution is 2.24. The number of nitrogens with one attached hydrogen (secondary N) is 1. The molecule has 0 aromatic heterocycles. The van der Waals surface area contributed by atoms with Crippen LogP contribution in [-0.4, -0.2) is 24.0 Å². The molecule has 0 aliphatic heterocycles. The first kappa shape index (κ1) is 16.4. The second-order valence-electron chi connectivity index (χ2n) is 5.83. The van der Waals surface area contributed by atoms with Gasteiger partial charge in [0.05, 0.1) is 5.82 Å². The Morgan fingerprint density at radius 3 is 1.89 bits per heavy atom. The summed E-state index contributed by atoms with van der Waals surface area (Å²) in [5, 5.41) is 3.65. The van der Waals surface area contributed by atoms with Crippen LogP contribution in [0.25, 0.3) is 0 Å². The van der Waals surface area contributed by atoms with Crippen LogP contribution in [0.5, 0.6) is 0 Å². The minimum atomic E-state index is 0.683. The largest absolute Gasteiger partial charge is 0.370 e. The van der Waals surface area contributed by atoms with E-state index in [-0.39, 0.29) is 0 Å². The molecule has 2 aliphatic carbocycles. The van der Waals surface area contributed by atoms with Gasteiger partial charge in [-0.05, 0) is 25.7 Å². The van der Waals surface area contributed by atoms with Crippen molar-refractivity contribution in [2.24, 2.45) is 0 Å². The van der Waals surface area contributed by atoms with E-state index in [0.717, 1.165) is 11.9 Å². The van der Waals surface area contributed by atoms with Gasteiger partial charge >= 0.3 is 0 Å². The molecule has 1 N–H and O–H groups in total. The third-order valence-corrected chi connectivity index (χ3v) is 4.52. The zero-order chi connectivity index (χ0) is 14.1. The molecule has 0 unspecified atom stereocenters. The van der Waals surface area contributed by atoms with Crippen molar-refractivity contribution in [2.45, 2.75) is 90.1 Å². The Morgan fingerprint density at radius 1 is 0.895 bits per heavy atom. The third kappa shape index (κ3) is 5.46. The first-order chi connectivity index (χ1) is 9.27. The van der Waals surface area contributed by atoms with Gasteiger partial charge in [-0.2, -0.15) is 0 Å². The molecule has 2 saturated carbocycles. The van der Waals surface area contributed by atoms with E-state index < -0.39 is 0 Å². The molecule has 0 aromatic rings. The average molecular weight is 266 g/mol. The second kappa shape index (κ2) is 9.28. The molecule has 0 aromatic carbocycles. The normalized spacial score (nSPS) is 21.2. The zero-order valence-corrected chi connectivity index (χ0v) is 13.4. The van der Waals surface area contributed by atoms with Gasteiger partial charge in [0.2, 0.25) is 0 Å². The van der Waals surface area contributed by atoms with Crippen LogP contribution >= 0.6 is 0 Å². The molecule has 2 nitrogen and oxygen atoms in total. The highest BCUT2D eigenvalue weighted by molar-refractivity contribution is 4.96. The van der Waals surface area contributed by atoms with E-state index in [1.165, 1.54) is 64.2 Å². The molecule has 0 saturated heterocycles. The summed E-state index contributed by atoms with van der Waals surface area (Å²) in [6, 6.07) is 1.41. The molecule has 2 aliphatic rings. The molecule has 112 valence electrons. The molecule has 0 atom stereocenters. The van der Waals surface area contributed by atoms with Gasteiger partial charge in [-0.3, -0.25) is 0 Å². The summed E-state index contributed by atoms with van der Waals surface area (Å²) in [5.74, 6) is 1.16. The first-order valence-electron chi connectivity index (χ1n) is 8.45. The molecule has 0 radical (unpaired) electrons. The Hall–Kier alpha value is -0.660. The molecule has 2 rings (SSSR count). The summed E-state index contributed by atoms with van der Waals surface area (Å²) >= 11 is 0. The van der Waals surface area contributed by atoms with E-state index in [4.69, 9.17) is 0 Å². The van der Waals surface area contributed by atoms with Crippen molar-refractivity contribution in [3.05, 3.63) is 12.4 Å². The summed E-state index contributed by atoms with van der Waals surface area (Å²) in [4.78, 5) is 2.40. The summed E-state index contributed by atoms with van der Waals surface area (Å²) < 4.78 is 0. The molecule has 19 heavy (non-hydrogen) atoms. The summed E-state index contributed by atoms with van der Waals surface area (Å²) in [6.07, 6.45) is 13.8. The summed E-state index contributed by atoms with van der Waals surface area (Å²) in [7, 11) is 2.22. The van der Waals surface area contributed by atoms with Gasteiger partial charge in [0.1, 0.15) is 0 Å². The Bertz CT molecular complexity index is 238. The van der Waals surface area contributed by atoms with Crippen molar-refractivity contribution in [1.29, 1.82) is 0 Å². The second-order valence-corrected chi connectivity index (χ2v) is 5.83. The van der Waals surface area contributed by atoms with Gasteiger partial charge in [-0.15, -0.1) is 0 Å². The first-order valence-corrected chi connectivity index (χ1v) is 8.45. The van der Waals surface area contributed by atoms with Crippen LogP contribution in [0.4, 0.5) is 0 Å². The van der Waals surface area contributed by atoms with Crippen molar-refractivity contribution in [1.82, 2.24) is 10.2 Å². The van der Waals surface area contributed by atoms with Crippen molar-refractivity contribution in [3.63, 3.8) is 0 Å². The monoisotopic (exact) mass is 266 g/mol. The van der Waals surface area contributed by atoms with E-state index in [1.807, 2.05) is 13.8 Å². The highest BCUT2D eigenvalue weighted by atomic mass is 15.2. The van der Waals surface area contributed by atoms with E-state index in [2.05, 4.69) is 23.8 Å². The zero-order valence-electron chi connectivity index (χ0n) is 13.4. The van der Waals surface area contributed by atoms with Gasteiger partial charge in [-0.25, -0.2) is 0 Å². The lowest BCUT2D eigenvalue weighted by atomic mass is 9.94. The van der Waals surface area contributed by atoms with Gasteiger partial charge in [0, 0.05) is 19.1 Å². The van der Waals surface area contributed by atoms with Gasteiger partial charge in [0.25, 0.3) is 0 Å².